The van der Waals surface area contributed by atoms with Crippen molar-refractivity contribution in [1.29, 1.82) is 0 Å². The fraction of sp³-hybridized carbons (Fsp3) is 0.552. The van der Waals surface area contributed by atoms with Crippen molar-refractivity contribution in [3.05, 3.63) is 64.7 Å². The average Bonchev–Trinajstić information content (AvgIpc) is 3.21. The Kier molecular flexibility index (Phi) is 9.00. The lowest BCUT2D eigenvalue weighted by Gasteiger charge is -2.35. The van der Waals surface area contributed by atoms with Gasteiger partial charge in [0.1, 0.15) is 12.4 Å². The van der Waals surface area contributed by atoms with Crippen molar-refractivity contribution >= 4 is 15.9 Å². The molecule has 38 heavy (non-hydrogen) atoms. The molecule has 0 bridgehead atoms. The summed E-state index contributed by atoms with van der Waals surface area (Å²) in [5.41, 5.74) is 3.79. The van der Waals surface area contributed by atoms with Crippen molar-refractivity contribution in [1.82, 2.24) is 10.2 Å². The van der Waals surface area contributed by atoms with Gasteiger partial charge in [-0.15, -0.1) is 0 Å². The minimum atomic E-state index is -3.35. The summed E-state index contributed by atoms with van der Waals surface area (Å²) in [4.78, 5) is 13.7. The summed E-state index contributed by atoms with van der Waals surface area (Å²) in [6, 6.07) is 12.7. The number of aromatic hydroxyl groups is 1. The molecule has 0 saturated carbocycles. The largest absolute Gasteiger partial charge is 0.508 e. The molecule has 0 radical (unpaired) electrons. The molecule has 4 atom stereocenters. The van der Waals surface area contributed by atoms with Gasteiger partial charge in [-0.2, -0.15) is 0 Å². The predicted octanol–water partition coefficient (Wildman–Crippen LogP) is 3.40. The van der Waals surface area contributed by atoms with E-state index in [4.69, 9.17) is 4.74 Å². The summed E-state index contributed by atoms with van der Waals surface area (Å²) < 4.78 is 30.8. The van der Waals surface area contributed by atoms with E-state index < -0.39 is 27.9 Å². The number of hydrogen-bond donors (Lipinski definition) is 3. The van der Waals surface area contributed by atoms with Crippen molar-refractivity contribution in [2.24, 2.45) is 5.92 Å². The van der Waals surface area contributed by atoms with Crippen LogP contribution in [-0.2, 0) is 34.0 Å². The SMILES string of the molecule is CCCN1C(=O)OC[C@@H]1Cc1cc(C[C@@H]2CS(=O)(=O)C[C@H](NCc3cccc(C(C)C)c3)[C@H]2O)ccc1O. The van der Waals surface area contributed by atoms with Crippen LogP contribution in [0.4, 0.5) is 4.79 Å². The number of benzene rings is 2. The fourth-order valence-corrected chi connectivity index (χ4v) is 7.49. The minimum absolute atomic E-state index is 0.0827. The van der Waals surface area contributed by atoms with Crippen LogP contribution in [0.15, 0.2) is 42.5 Å². The van der Waals surface area contributed by atoms with E-state index in [1.54, 1.807) is 17.0 Å². The Morgan fingerprint density at radius 1 is 1.11 bits per heavy atom. The topological polar surface area (TPSA) is 116 Å². The molecule has 2 heterocycles. The number of cyclic esters (lactones) is 1. The quantitative estimate of drug-likeness (QED) is 0.420. The fourth-order valence-electron chi connectivity index (χ4n) is 5.52. The van der Waals surface area contributed by atoms with Crippen molar-refractivity contribution < 1.29 is 28.2 Å². The summed E-state index contributed by atoms with van der Waals surface area (Å²) in [6.07, 6.45) is 0.455. The molecule has 8 nitrogen and oxygen atoms in total. The highest BCUT2D eigenvalue weighted by atomic mass is 32.2. The van der Waals surface area contributed by atoms with Gasteiger partial charge in [-0.25, -0.2) is 13.2 Å². The van der Waals surface area contributed by atoms with Gasteiger partial charge in [0, 0.05) is 25.0 Å². The maximum atomic E-state index is 12.8. The van der Waals surface area contributed by atoms with E-state index in [1.807, 2.05) is 25.1 Å². The summed E-state index contributed by atoms with van der Waals surface area (Å²) in [7, 11) is -3.35. The van der Waals surface area contributed by atoms with Gasteiger partial charge < -0.3 is 25.2 Å². The Labute approximate surface area is 225 Å². The molecule has 0 aromatic heterocycles. The number of phenolic OH excluding ortho intramolecular Hbond substituents is 1. The van der Waals surface area contributed by atoms with E-state index in [-0.39, 0.29) is 36.0 Å². The second-order valence-corrected chi connectivity index (χ2v) is 13.2. The molecule has 2 aromatic carbocycles. The van der Waals surface area contributed by atoms with Gasteiger partial charge in [-0.05, 0) is 53.5 Å². The molecular formula is C29H40N2O6S. The second kappa shape index (κ2) is 12.1. The molecule has 2 aromatic rings. The first-order chi connectivity index (χ1) is 18.1. The van der Waals surface area contributed by atoms with E-state index in [1.165, 1.54) is 5.56 Å². The van der Waals surface area contributed by atoms with Gasteiger partial charge in [0.05, 0.1) is 23.7 Å². The highest BCUT2D eigenvalue weighted by Gasteiger charge is 2.39. The number of carbonyl (C=O) groups excluding carboxylic acids is 1. The van der Waals surface area contributed by atoms with Crippen molar-refractivity contribution in [3.63, 3.8) is 0 Å². The number of aliphatic hydroxyl groups is 1. The lowest BCUT2D eigenvalue weighted by molar-refractivity contribution is 0.0781. The summed E-state index contributed by atoms with van der Waals surface area (Å²) >= 11 is 0. The molecule has 0 spiro atoms. The van der Waals surface area contributed by atoms with Crippen LogP contribution < -0.4 is 5.32 Å². The molecule has 1 amide bonds. The summed E-state index contributed by atoms with van der Waals surface area (Å²) in [5, 5.41) is 25.0. The Hall–Kier alpha value is -2.62. The first-order valence-electron chi connectivity index (χ1n) is 13.5. The second-order valence-electron chi connectivity index (χ2n) is 11.0. The minimum Gasteiger partial charge on any atom is -0.508 e. The van der Waals surface area contributed by atoms with Crippen LogP contribution in [0.25, 0.3) is 0 Å². The van der Waals surface area contributed by atoms with Crippen LogP contribution in [0.2, 0.25) is 0 Å². The molecular weight excluding hydrogens is 504 g/mol. The first kappa shape index (κ1) is 28.4. The predicted molar refractivity (Wildman–Crippen MR) is 147 cm³/mol. The molecule has 2 aliphatic heterocycles. The van der Waals surface area contributed by atoms with E-state index in [0.717, 1.165) is 17.5 Å². The number of ether oxygens (including phenoxy) is 1. The van der Waals surface area contributed by atoms with Crippen molar-refractivity contribution in [3.8, 4) is 5.75 Å². The Morgan fingerprint density at radius 3 is 2.63 bits per heavy atom. The third-order valence-corrected chi connectivity index (χ3v) is 9.42. The Balaban J connectivity index is 1.45. The number of carbonyl (C=O) groups is 1. The van der Waals surface area contributed by atoms with E-state index in [2.05, 4.69) is 31.3 Å². The van der Waals surface area contributed by atoms with Gasteiger partial charge in [-0.1, -0.05) is 57.2 Å². The van der Waals surface area contributed by atoms with Gasteiger partial charge >= 0.3 is 6.09 Å². The van der Waals surface area contributed by atoms with Gasteiger partial charge in [0.15, 0.2) is 9.84 Å². The molecule has 2 saturated heterocycles. The smallest absolute Gasteiger partial charge is 0.410 e. The Morgan fingerprint density at radius 2 is 1.89 bits per heavy atom. The molecule has 0 aliphatic carbocycles. The molecule has 2 fully saturated rings. The zero-order chi connectivity index (χ0) is 27.4. The third-order valence-electron chi connectivity index (χ3n) is 7.62. The van der Waals surface area contributed by atoms with Crippen LogP contribution in [0.3, 0.4) is 0 Å². The number of aliphatic hydroxyl groups excluding tert-OH is 1. The summed E-state index contributed by atoms with van der Waals surface area (Å²) in [5.74, 6) is -0.131. The van der Waals surface area contributed by atoms with E-state index in [0.29, 0.717) is 37.4 Å². The van der Waals surface area contributed by atoms with Crippen molar-refractivity contribution in [2.75, 3.05) is 24.7 Å². The molecule has 3 N–H and O–H groups in total. The molecule has 0 unspecified atom stereocenters. The van der Waals surface area contributed by atoms with Gasteiger partial charge in [0.25, 0.3) is 0 Å². The van der Waals surface area contributed by atoms with Crippen LogP contribution >= 0.6 is 0 Å². The number of phenols is 1. The maximum Gasteiger partial charge on any atom is 0.410 e. The monoisotopic (exact) mass is 544 g/mol. The number of amides is 1. The number of nitrogens with one attached hydrogen (secondary N) is 1. The number of hydrogen-bond acceptors (Lipinski definition) is 7. The van der Waals surface area contributed by atoms with Crippen LogP contribution in [0.1, 0.15) is 55.4 Å². The van der Waals surface area contributed by atoms with Crippen LogP contribution in [0.5, 0.6) is 5.75 Å². The highest BCUT2D eigenvalue weighted by Crippen LogP contribution is 2.28. The van der Waals surface area contributed by atoms with Crippen LogP contribution in [-0.4, -0.2) is 72.5 Å². The first-order valence-corrected chi connectivity index (χ1v) is 15.3. The number of sulfone groups is 1. The van der Waals surface area contributed by atoms with E-state index in [9.17, 15) is 23.4 Å². The highest BCUT2D eigenvalue weighted by molar-refractivity contribution is 7.91. The summed E-state index contributed by atoms with van der Waals surface area (Å²) in [6.45, 7) is 7.60. The van der Waals surface area contributed by atoms with Gasteiger partial charge in [-0.3, -0.25) is 0 Å². The molecule has 9 heteroatoms. The number of nitrogens with zero attached hydrogens (tertiary/aromatic N) is 1. The molecule has 2 aliphatic rings. The van der Waals surface area contributed by atoms with Crippen LogP contribution in [0, 0.1) is 5.92 Å². The zero-order valence-electron chi connectivity index (χ0n) is 22.5. The lowest BCUT2D eigenvalue weighted by atomic mass is 9.90. The van der Waals surface area contributed by atoms with Gasteiger partial charge in [0.2, 0.25) is 0 Å². The maximum absolute atomic E-state index is 12.8. The standard InChI is InChI=1S/C29H40N2O6S/c1-4-10-31-25(16-37-29(31)34)14-23-11-20(8-9-27(23)32)12-24-17-38(35,36)18-26(28(24)33)30-15-21-6-5-7-22(13-21)19(2)3/h5-9,11,13,19,24-26,28,30,32-33H,4,10,12,14-18H2,1-3H3/t24-,25+,26+,28+/m1/s1. The van der Waals surface area contributed by atoms with Crippen molar-refractivity contribution in [2.45, 2.75) is 70.7 Å². The Bertz CT molecular complexity index is 1230. The third kappa shape index (κ3) is 6.87. The molecule has 208 valence electrons. The number of rotatable bonds is 10. The normalized spacial score (nSPS) is 25.1. The lowest BCUT2D eigenvalue weighted by Crippen LogP contribution is -2.54. The molecule has 4 rings (SSSR count). The average molecular weight is 545 g/mol. The van der Waals surface area contributed by atoms with E-state index >= 15 is 0 Å². The zero-order valence-corrected chi connectivity index (χ0v) is 23.3.